The number of para-hydroxylation sites is 1. The zero-order valence-corrected chi connectivity index (χ0v) is 16.9. The third kappa shape index (κ3) is 3.80. The fourth-order valence-corrected chi connectivity index (χ4v) is 3.09. The molecule has 0 fully saturated rings. The van der Waals surface area contributed by atoms with Crippen LogP contribution in [0.3, 0.4) is 0 Å². The molecule has 0 spiro atoms. The Kier molecular flexibility index (Phi) is 5.31. The molecule has 9 nitrogen and oxygen atoms in total. The second kappa shape index (κ2) is 8.23. The molecule has 2 aromatic heterocycles. The summed E-state index contributed by atoms with van der Waals surface area (Å²) in [5.41, 5.74) is 1.58. The summed E-state index contributed by atoms with van der Waals surface area (Å²) in [6, 6.07) is 15.3. The average molecular weight is 417 g/mol. The predicted octanol–water partition coefficient (Wildman–Crippen LogP) is 2.55. The van der Waals surface area contributed by atoms with Gasteiger partial charge in [-0.2, -0.15) is 5.10 Å². The second-order valence-corrected chi connectivity index (χ2v) is 6.71. The van der Waals surface area contributed by atoms with Crippen molar-refractivity contribution in [3.63, 3.8) is 0 Å². The summed E-state index contributed by atoms with van der Waals surface area (Å²) in [5, 5.41) is 7.11. The van der Waals surface area contributed by atoms with Gasteiger partial charge in [0.25, 0.3) is 11.5 Å². The number of aromatic nitrogens is 4. The number of nitrogens with zero attached hydrogens (tertiary/aromatic N) is 4. The van der Waals surface area contributed by atoms with E-state index in [4.69, 9.17) is 4.74 Å². The topological polar surface area (TPSA) is 108 Å². The molecule has 4 aromatic rings. The van der Waals surface area contributed by atoms with Crippen LogP contribution in [-0.4, -0.2) is 37.8 Å². The second-order valence-electron chi connectivity index (χ2n) is 6.71. The molecular formula is C22H19N5O4. The fraction of sp³-hybridized carbons (Fsp3) is 0.136. The van der Waals surface area contributed by atoms with E-state index in [2.05, 4.69) is 15.4 Å². The van der Waals surface area contributed by atoms with Gasteiger partial charge in [0.2, 0.25) is 0 Å². The van der Waals surface area contributed by atoms with Gasteiger partial charge in [-0.3, -0.25) is 9.59 Å². The molecule has 1 amide bonds. The molecule has 156 valence electrons. The normalized spacial score (nSPS) is 10.8. The molecule has 2 aromatic carbocycles. The van der Waals surface area contributed by atoms with Crippen molar-refractivity contribution in [1.82, 2.24) is 19.3 Å². The van der Waals surface area contributed by atoms with Crippen LogP contribution in [0.1, 0.15) is 27.8 Å². The van der Waals surface area contributed by atoms with Gasteiger partial charge in [0, 0.05) is 12.7 Å². The average Bonchev–Trinajstić information content (AvgIpc) is 3.18. The molecule has 4 rings (SSSR count). The lowest BCUT2D eigenvalue weighted by molar-refractivity contribution is 0.0526. The first-order valence-corrected chi connectivity index (χ1v) is 9.58. The quantitative estimate of drug-likeness (QED) is 0.500. The van der Waals surface area contributed by atoms with Crippen LogP contribution in [0.15, 0.2) is 65.7 Å². The predicted molar refractivity (Wildman–Crippen MR) is 114 cm³/mol. The van der Waals surface area contributed by atoms with Gasteiger partial charge in [0.15, 0.2) is 11.2 Å². The van der Waals surface area contributed by atoms with E-state index >= 15 is 0 Å². The Bertz CT molecular complexity index is 1320. The molecular weight excluding hydrogens is 398 g/mol. The fourth-order valence-electron chi connectivity index (χ4n) is 3.09. The van der Waals surface area contributed by atoms with E-state index in [0.29, 0.717) is 16.9 Å². The molecule has 0 aliphatic rings. The Balaban J connectivity index is 1.71. The molecule has 0 aliphatic carbocycles. The molecule has 0 saturated heterocycles. The SMILES string of the molecule is CCOC(=O)c1ccc(NC(=O)c2nn(-c3ccccc3)c3c(=O)n(C)cnc23)cc1. The Morgan fingerprint density at radius 2 is 1.77 bits per heavy atom. The van der Waals surface area contributed by atoms with Gasteiger partial charge in [0.05, 0.1) is 24.2 Å². The Morgan fingerprint density at radius 1 is 1.06 bits per heavy atom. The lowest BCUT2D eigenvalue weighted by Crippen LogP contribution is -2.19. The number of carbonyl (C=O) groups excluding carboxylic acids is 2. The van der Waals surface area contributed by atoms with E-state index < -0.39 is 11.9 Å². The van der Waals surface area contributed by atoms with Crippen LogP contribution in [-0.2, 0) is 11.8 Å². The van der Waals surface area contributed by atoms with Crippen molar-refractivity contribution in [2.45, 2.75) is 6.92 Å². The number of amides is 1. The molecule has 9 heteroatoms. The number of benzene rings is 2. The summed E-state index contributed by atoms with van der Waals surface area (Å²) in [6.07, 6.45) is 1.35. The van der Waals surface area contributed by atoms with Gasteiger partial charge in [-0.25, -0.2) is 14.5 Å². The number of aryl methyl sites for hydroxylation is 1. The molecule has 0 radical (unpaired) electrons. The van der Waals surface area contributed by atoms with Crippen LogP contribution in [0, 0.1) is 0 Å². The lowest BCUT2D eigenvalue weighted by Gasteiger charge is -2.05. The molecule has 1 N–H and O–H groups in total. The maximum Gasteiger partial charge on any atom is 0.338 e. The van der Waals surface area contributed by atoms with E-state index in [-0.39, 0.29) is 28.9 Å². The third-order valence-electron chi connectivity index (χ3n) is 4.61. The highest BCUT2D eigenvalue weighted by atomic mass is 16.5. The van der Waals surface area contributed by atoms with E-state index in [9.17, 15) is 14.4 Å². The minimum absolute atomic E-state index is 0.0195. The minimum atomic E-state index is -0.524. The van der Waals surface area contributed by atoms with Crippen LogP contribution in [0.4, 0.5) is 5.69 Å². The number of nitrogens with one attached hydrogen (secondary N) is 1. The van der Waals surface area contributed by atoms with E-state index in [1.54, 1.807) is 50.4 Å². The minimum Gasteiger partial charge on any atom is -0.462 e. The zero-order valence-electron chi connectivity index (χ0n) is 16.9. The highest BCUT2D eigenvalue weighted by molar-refractivity contribution is 6.10. The summed E-state index contributed by atoms with van der Waals surface area (Å²) < 4.78 is 7.71. The van der Waals surface area contributed by atoms with Gasteiger partial charge < -0.3 is 14.6 Å². The maximum atomic E-state index is 13.0. The number of rotatable bonds is 5. The molecule has 2 heterocycles. The zero-order chi connectivity index (χ0) is 22.0. The largest absolute Gasteiger partial charge is 0.462 e. The first-order chi connectivity index (χ1) is 15.0. The van der Waals surface area contributed by atoms with Crippen LogP contribution >= 0.6 is 0 Å². The van der Waals surface area contributed by atoms with Crippen molar-refractivity contribution in [3.8, 4) is 5.69 Å². The first-order valence-electron chi connectivity index (χ1n) is 9.58. The highest BCUT2D eigenvalue weighted by Gasteiger charge is 2.22. The number of anilines is 1. The molecule has 0 unspecified atom stereocenters. The van der Waals surface area contributed by atoms with Crippen LogP contribution in [0.5, 0.6) is 0 Å². The summed E-state index contributed by atoms with van der Waals surface area (Å²) in [7, 11) is 1.59. The van der Waals surface area contributed by atoms with Crippen molar-refractivity contribution >= 4 is 28.6 Å². The maximum absolute atomic E-state index is 13.0. The van der Waals surface area contributed by atoms with Crippen LogP contribution in [0.2, 0.25) is 0 Å². The molecule has 31 heavy (non-hydrogen) atoms. The van der Waals surface area contributed by atoms with E-state index in [0.717, 1.165) is 0 Å². The summed E-state index contributed by atoms with van der Waals surface area (Å²) in [4.78, 5) is 41.8. The summed E-state index contributed by atoms with van der Waals surface area (Å²) >= 11 is 0. The molecule has 0 aliphatic heterocycles. The van der Waals surface area contributed by atoms with Crippen molar-refractivity contribution in [1.29, 1.82) is 0 Å². The number of hydrogen-bond acceptors (Lipinski definition) is 6. The van der Waals surface area contributed by atoms with E-state index in [1.165, 1.54) is 15.6 Å². The van der Waals surface area contributed by atoms with Crippen molar-refractivity contribution in [2.75, 3.05) is 11.9 Å². The Morgan fingerprint density at radius 3 is 2.45 bits per heavy atom. The van der Waals surface area contributed by atoms with Gasteiger partial charge in [-0.15, -0.1) is 0 Å². The number of fused-ring (bicyclic) bond motifs is 1. The number of carbonyl (C=O) groups is 2. The highest BCUT2D eigenvalue weighted by Crippen LogP contribution is 2.19. The van der Waals surface area contributed by atoms with Gasteiger partial charge in [-0.1, -0.05) is 18.2 Å². The smallest absolute Gasteiger partial charge is 0.338 e. The van der Waals surface area contributed by atoms with Crippen molar-refractivity contribution < 1.29 is 14.3 Å². The van der Waals surface area contributed by atoms with Gasteiger partial charge in [-0.05, 0) is 43.3 Å². The molecule has 0 saturated carbocycles. The van der Waals surface area contributed by atoms with Crippen LogP contribution < -0.4 is 10.9 Å². The molecule has 0 bridgehead atoms. The lowest BCUT2D eigenvalue weighted by atomic mass is 10.2. The van der Waals surface area contributed by atoms with Gasteiger partial charge >= 0.3 is 5.97 Å². The van der Waals surface area contributed by atoms with Crippen LogP contribution in [0.25, 0.3) is 16.7 Å². The summed E-state index contributed by atoms with van der Waals surface area (Å²) in [5.74, 6) is -0.961. The Labute approximate surface area is 176 Å². The van der Waals surface area contributed by atoms with Crippen molar-refractivity contribution in [3.05, 3.63) is 82.5 Å². The molecule has 0 atom stereocenters. The standard InChI is InChI=1S/C22H19N5O4/c1-3-31-22(30)14-9-11-15(12-10-14)24-20(28)18-17-19(21(29)26(2)13-23-17)27(25-18)16-7-5-4-6-8-16/h4-13H,3H2,1-2H3,(H,24,28). The summed E-state index contributed by atoms with van der Waals surface area (Å²) in [6.45, 7) is 2.01. The van der Waals surface area contributed by atoms with Crippen molar-refractivity contribution in [2.24, 2.45) is 7.05 Å². The first kappa shape index (κ1) is 20.0. The van der Waals surface area contributed by atoms with Gasteiger partial charge in [0.1, 0.15) is 5.52 Å². The number of hydrogen-bond donors (Lipinski definition) is 1. The number of ether oxygens (including phenoxy) is 1. The van der Waals surface area contributed by atoms with E-state index in [1.807, 2.05) is 18.2 Å². The third-order valence-corrected chi connectivity index (χ3v) is 4.61. The Hall–Kier alpha value is -4.27. The monoisotopic (exact) mass is 417 g/mol. The number of esters is 1.